The molecule has 2 heterocycles. The number of aromatic amines is 1. The van der Waals surface area contributed by atoms with Gasteiger partial charge in [-0.3, -0.25) is 14.4 Å². The molecule has 0 saturated carbocycles. The van der Waals surface area contributed by atoms with Gasteiger partial charge in [0.05, 0.1) is 17.3 Å². The Balaban J connectivity index is 1.75. The lowest BCUT2D eigenvalue weighted by Crippen LogP contribution is -2.37. The Morgan fingerprint density at radius 2 is 1.96 bits per heavy atom. The van der Waals surface area contributed by atoms with Crippen molar-refractivity contribution in [3.8, 4) is 0 Å². The smallest absolute Gasteiger partial charge is 0.253 e. The number of carbonyl (C=O) groups is 3. The molecular weight excluding hydrogens is 330 g/mol. The number of nitrogens with one attached hydrogen (secondary N) is 2. The highest BCUT2D eigenvalue weighted by Gasteiger charge is 2.32. The summed E-state index contributed by atoms with van der Waals surface area (Å²) >= 11 is 0. The first-order valence-corrected chi connectivity index (χ1v) is 8.66. The zero-order chi connectivity index (χ0) is 19.0. The van der Waals surface area contributed by atoms with E-state index < -0.39 is 0 Å². The van der Waals surface area contributed by atoms with Gasteiger partial charge in [0, 0.05) is 31.3 Å². The van der Waals surface area contributed by atoms with Gasteiger partial charge in [-0.2, -0.15) is 0 Å². The predicted molar refractivity (Wildman–Crippen MR) is 99.7 cm³/mol. The van der Waals surface area contributed by atoms with Crippen LogP contribution < -0.4 is 10.2 Å². The lowest BCUT2D eigenvalue weighted by atomic mass is 10.1. The third-order valence-electron chi connectivity index (χ3n) is 4.79. The summed E-state index contributed by atoms with van der Waals surface area (Å²) in [4.78, 5) is 41.4. The molecule has 1 saturated heterocycles. The summed E-state index contributed by atoms with van der Waals surface area (Å²) in [5.41, 5.74) is 4.17. The molecule has 1 atom stereocenters. The Morgan fingerprint density at radius 3 is 2.58 bits per heavy atom. The second-order valence-corrected chi connectivity index (χ2v) is 6.90. The summed E-state index contributed by atoms with van der Waals surface area (Å²) in [5, 5.41) is 2.94. The van der Waals surface area contributed by atoms with Crippen LogP contribution in [0.5, 0.6) is 0 Å². The molecule has 3 rings (SSSR count). The van der Waals surface area contributed by atoms with Crippen LogP contribution in [0, 0.1) is 20.8 Å². The minimum Gasteiger partial charge on any atom is -0.355 e. The second-order valence-electron chi connectivity index (χ2n) is 6.90. The summed E-state index contributed by atoms with van der Waals surface area (Å²) in [5.74, 6) is -0.369. The van der Waals surface area contributed by atoms with Crippen molar-refractivity contribution >= 4 is 23.3 Å². The largest absolute Gasteiger partial charge is 0.355 e. The predicted octanol–water partition coefficient (Wildman–Crippen LogP) is 2.68. The van der Waals surface area contributed by atoms with E-state index in [1.54, 1.807) is 18.7 Å². The zero-order valence-electron chi connectivity index (χ0n) is 15.5. The molecule has 26 heavy (non-hydrogen) atoms. The van der Waals surface area contributed by atoms with E-state index in [1.807, 2.05) is 31.2 Å². The molecule has 1 aliphatic heterocycles. The number of hydrogen-bond acceptors (Lipinski definition) is 3. The van der Waals surface area contributed by atoms with Gasteiger partial charge in [-0.05, 0) is 44.0 Å². The fourth-order valence-electron chi connectivity index (χ4n) is 3.55. The average Bonchev–Trinajstić information content (AvgIpc) is 3.06. The first-order chi connectivity index (χ1) is 12.3. The number of amides is 2. The quantitative estimate of drug-likeness (QED) is 0.829. The maximum absolute atomic E-state index is 12.7. The third-order valence-corrected chi connectivity index (χ3v) is 4.79. The molecule has 2 aromatic rings. The number of benzene rings is 1. The minimum absolute atomic E-state index is 0.00663. The van der Waals surface area contributed by atoms with Crippen molar-refractivity contribution in [2.75, 3.05) is 11.4 Å². The van der Waals surface area contributed by atoms with E-state index in [2.05, 4.69) is 10.3 Å². The fourth-order valence-corrected chi connectivity index (χ4v) is 3.55. The number of aryl methyl sites for hydroxylation is 2. The van der Waals surface area contributed by atoms with E-state index in [1.165, 1.54) is 6.92 Å². The van der Waals surface area contributed by atoms with Crippen LogP contribution in [0.4, 0.5) is 5.69 Å². The monoisotopic (exact) mass is 353 g/mol. The maximum atomic E-state index is 12.7. The highest BCUT2D eigenvalue weighted by atomic mass is 16.2. The molecule has 1 aromatic carbocycles. The number of anilines is 1. The standard InChI is InChI=1S/C20H23N3O3/c1-11-6-5-7-16(8-11)23-10-15(9-17(23)25)22-20(26)18-12(2)19(14(4)24)21-13(18)3/h5-8,15,21H,9-10H2,1-4H3,(H,22,26)/t15-/m1/s1. The normalized spacial score (nSPS) is 16.8. The van der Waals surface area contributed by atoms with E-state index in [0.29, 0.717) is 29.1 Å². The van der Waals surface area contributed by atoms with Crippen LogP contribution in [0.15, 0.2) is 24.3 Å². The first-order valence-electron chi connectivity index (χ1n) is 8.66. The lowest BCUT2D eigenvalue weighted by Gasteiger charge is -2.18. The zero-order valence-corrected chi connectivity index (χ0v) is 15.5. The van der Waals surface area contributed by atoms with E-state index in [-0.39, 0.29) is 30.1 Å². The molecule has 6 heteroatoms. The fraction of sp³-hybridized carbons (Fsp3) is 0.350. The van der Waals surface area contributed by atoms with Gasteiger partial charge >= 0.3 is 0 Å². The van der Waals surface area contributed by atoms with Gasteiger partial charge in [-0.1, -0.05) is 12.1 Å². The van der Waals surface area contributed by atoms with Crippen LogP contribution in [0.2, 0.25) is 0 Å². The molecule has 0 aliphatic carbocycles. The van der Waals surface area contributed by atoms with E-state index in [4.69, 9.17) is 0 Å². The van der Waals surface area contributed by atoms with Gasteiger partial charge in [0.1, 0.15) is 0 Å². The van der Waals surface area contributed by atoms with Crippen LogP contribution in [-0.2, 0) is 4.79 Å². The topological polar surface area (TPSA) is 82.3 Å². The molecule has 0 unspecified atom stereocenters. The summed E-state index contributed by atoms with van der Waals surface area (Å²) in [6, 6.07) is 7.49. The Kier molecular flexibility index (Phi) is 4.68. The molecule has 6 nitrogen and oxygen atoms in total. The van der Waals surface area contributed by atoms with Crippen LogP contribution in [0.3, 0.4) is 0 Å². The summed E-state index contributed by atoms with van der Waals surface area (Å²) in [6.07, 6.45) is 0.266. The van der Waals surface area contributed by atoms with Gasteiger partial charge in [0.15, 0.2) is 5.78 Å². The molecular formula is C20H23N3O3. The van der Waals surface area contributed by atoms with Crippen molar-refractivity contribution in [1.82, 2.24) is 10.3 Å². The van der Waals surface area contributed by atoms with Crippen molar-refractivity contribution in [2.45, 2.75) is 40.2 Å². The highest BCUT2D eigenvalue weighted by Crippen LogP contribution is 2.24. The molecule has 0 bridgehead atoms. The first kappa shape index (κ1) is 17.9. The number of rotatable bonds is 4. The minimum atomic E-state index is -0.259. The Hall–Kier alpha value is -2.89. The number of hydrogen-bond donors (Lipinski definition) is 2. The van der Waals surface area contributed by atoms with E-state index >= 15 is 0 Å². The van der Waals surface area contributed by atoms with Gasteiger partial charge < -0.3 is 15.2 Å². The van der Waals surface area contributed by atoms with Gasteiger partial charge in [-0.15, -0.1) is 0 Å². The SMILES string of the molecule is CC(=O)c1[nH]c(C)c(C(=O)N[C@@H]2CC(=O)N(c3cccc(C)c3)C2)c1C. The third kappa shape index (κ3) is 3.27. The molecule has 2 N–H and O–H groups in total. The van der Waals surface area contributed by atoms with Crippen LogP contribution >= 0.6 is 0 Å². The maximum Gasteiger partial charge on any atom is 0.253 e. The lowest BCUT2D eigenvalue weighted by molar-refractivity contribution is -0.117. The molecule has 1 aliphatic rings. The van der Waals surface area contributed by atoms with E-state index in [0.717, 1.165) is 11.3 Å². The summed E-state index contributed by atoms with van der Waals surface area (Å²) in [6.45, 7) is 7.42. The molecule has 0 radical (unpaired) electrons. The average molecular weight is 353 g/mol. The van der Waals surface area contributed by atoms with Crippen molar-refractivity contribution in [1.29, 1.82) is 0 Å². The van der Waals surface area contributed by atoms with Gasteiger partial charge in [0.25, 0.3) is 5.91 Å². The molecule has 136 valence electrons. The van der Waals surface area contributed by atoms with Crippen LogP contribution in [-0.4, -0.2) is 35.2 Å². The van der Waals surface area contributed by atoms with Crippen molar-refractivity contribution in [2.24, 2.45) is 0 Å². The highest BCUT2D eigenvalue weighted by molar-refractivity contribution is 6.03. The summed E-state index contributed by atoms with van der Waals surface area (Å²) < 4.78 is 0. The van der Waals surface area contributed by atoms with Crippen molar-refractivity contribution in [3.63, 3.8) is 0 Å². The number of H-pyrrole nitrogens is 1. The second kappa shape index (κ2) is 6.78. The number of carbonyl (C=O) groups excluding carboxylic acids is 3. The number of nitrogens with zero attached hydrogens (tertiary/aromatic N) is 1. The number of aromatic nitrogens is 1. The van der Waals surface area contributed by atoms with Crippen molar-refractivity contribution < 1.29 is 14.4 Å². The Morgan fingerprint density at radius 1 is 1.23 bits per heavy atom. The van der Waals surface area contributed by atoms with Crippen LogP contribution in [0.25, 0.3) is 0 Å². The van der Waals surface area contributed by atoms with E-state index in [9.17, 15) is 14.4 Å². The van der Waals surface area contributed by atoms with Gasteiger partial charge in [0.2, 0.25) is 5.91 Å². The Bertz CT molecular complexity index is 898. The molecule has 1 aromatic heterocycles. The molecule has 1 fully saturated rings. The number of Topliss-reactive ketones (excluding diaryl/α,β-unsaturated/α-hetero) is 1. The van der Waals surface area contributed by atoms with Crippen LogP contribution in [0.1, 0.15) is 51.0 Å². The summed E-state index contributed by atoms with van der Waals surface area (Å²) in [7, 11) is 0. The van der Waals surface area contributed by atoms with Gasteiger partial charge in [-0.25, -0.2) is 0 Å². The Labute approximate surface area is 152 Å². The number of ketones is 1. The molecule has 2 amide bonds. The van der Waals surface area contributed by atoms with Crippen molar-refractivity contribution in [3.05, 3.63) is 52.3 Å². The molecule has 0 spiro atoms.